The molecule has 1 amide bonds. The first kappa shape index (κ1) is 19.3. The number of amides is 1. The second-order valence-electron chi connectivity index (χ2n) is 8.22. The van der Waals surface area contributed by atoms with Crippen molar-refractivity contribution < 1.29 is 9.53 Å². The van der Waals surface area contributed by atoms with E-state index in [2.05, 4.69) is 29.6 Å². The van der Waals surface area contributed by atoms with Gasteiger partial charge in [-0.3, -0.25) is 4.79 Å². The summed E-state index contributed by atoms with van der Waals surface area (Å²) < 4.78 is 6.01. The molecule has 2 saturated carbocycles. The smallest absolute Gasteiger partial charge is 0.219 e. The molecule has 0 aliphatic heterocycles. The fourth-order valence-corrected chi connectivity index (χ4v) is 4.31. The summed E-state index contributed by atoms with van der Waals surface area (Å²) in [6.07, 6.45) is 12.4. The van der Waals surface area contributed by atoms with Gasteiger partial charge in [-0.2, -0.15) is 0 Å². The molecule has 0 saturated heterocycles. The Morgan fingerprint density at radius 2 is 2.08 bits per heavy atom. The standard InChI is InChI=1S/C23H35NO2/c1-2-8-23(25)24-17-20-16-22(20)19-12-6-13-21(15-19)26-14-7-11-18-9-4-3-5-10-18/h6,12-13,15,18,20,22H,2-5,7-11,14,16-17H2,1H3,(H,24,25). The van der Waals surface area contributed by atoms with E-state index >= 15 is 0 Å². The Morgan fingerprint density at radius 3 is 2.88 bits per heavy atom. The van der Waals surface area contributed by atoms with Crippen molar-refractivity contribution in [2.45, 2.75) is 77.0 Å². The predicted molar refractivity (Wildman–Crippen MR) is 107 cm³/mol. The quantitative estimate of drug-likeness (QED) is 0.566. The van der Waals surface area contributed by atoms with Crippen molar-refractivity contribution >= 4 is 5.91 Å². The molecule has 1 N–H and O–H groups in total. The van der Waals surface area contributed by atoms with Gasteiger partial charge in [0.05, 0.1) is 6.61 Å². The molecule has 0 heterocycles. The van der Waals surface area contributed by atoms with Gasteiger partial charge in [0.15, 0.2) is 0 Å². The number of nitrogens with one attached hydrogen (secondary N) is 1. The van der Waals surface area contributed by atoms with E-state index in [4.69, 9.17) is 4.74 Å². The Bertz CT molecular complexity index is 565. The first-order valence-corrected chi connectivity index (χ1v) is 10.8. The summed E-state index contributed by atoms with van der Waals surface area (Å²) in [6, 6.07) is 8.59. The molecule has 3 rings (SSSR count). The molecule has 0 radical (unpaired) electrons. The Hall–Kier alpha value is -1.51. The van der Waals surface area contributed by atoms with Crippen molar-refractivity contribution in [3.63, 3.8) is 0 Å². The van der Waals surface area contributed by atoms with Gasteiger partial charge in [-0.25, -0.2) is 0 Å². The minimum Gasteiger partial charge on any atom is -0.494 e. The first-order chi connectivity index (χ1) is 12.8. The van der Waals surface area contributed by atoms with Crippen molar-refractivity contribution in [2.24, 2.45) is 11.8 Å². The summed E-state index contributed by atoms with van der Waals surface area (Å²) >= 11 is 0. The van der Waals surface area contributed by atoms with Crippen LogP contribution in [0.5, 0.6) is 5.75 Å². The summed E-state index contributed by atoms with van der Waals surface area (Å²) in [4.78, 5) is 11.6. The van der Waals surface area contributed by atoms with Crippen molar-refractivity contribution in [1.29, 1.82) is 0 Å². The second-order valence-corrected chi connectivity index (χ2v) is 8.22. The van der Waals surface area contributed by atoms with Crippen LogP contribution in [0.25, 0.3) is 0 Å². The number of hydrogen-bond acceptors (Lipinski definition) is 2. The Balaban J connectivity index is 1.36. The van der Waals surface area contributed by atoms with E-state index in [1.165, 1.54) is 56.9 Å². The van der Waals surface area contributed by atoms with E-state index in [1.54, 1.807) is 0 Å². The third-order valence-corrected chi connectivity index (χ3v) is 6.00. The summed E-state index contributed by atoms with van der Waals surface area (Å²) in [5.74, 6) is 3.31. The molecule has 144 valence electrons. The Morgan fingerprint density at radius 1 is 1.23 bits per heavy atom. The molecule has 0 spiro atoms. The summed E-state index contributed by atoms with van der Waals surface area (Å²) in [6.45, 7) is 3.69. The number of rotatable bonds is 10. The maximum Gasteiger partial charge on any atom is 0.219 e. The molecule has 1 aromatic rings. The molecule has 2 fully saturated rings. The van der Waals surface area contributed by atoms with E-state index in [1.807, 2.05) is 6.92 Å². The second kappa shape index (κ2) is 9.99. The van der Waals surface area contributed by atoms with Gasteiger partial charge in [0, 0.05) is 13.0 Å². The monoisotopic (exact) mass is 357 g/mol. The lowest BCUT2D eigenvalue weighted by Crippen LogP contribution is -2.25. The van der Waals surface area contributed by atoms with Crippen LogP contribution < -0.4 is 10.1 Å². The summed E-state index contributed by atoms with van der Waals surface area (Å²) in [7, 11) is 0. The molecule has 2 aliphatic rings. The van der Waals surface area contributed by atoms with E-state index in [0.29, 0.717) is 18.3 Å². The van der Waals surface area contributed by atoms with Crippen molar-refractivity contribution in [1.82, 2.24) is 5.32 Å². The zero-order valence-electron chi connectivity index (χ0n) is 16.3. The van der Waals surface area contributed by atoms with Crippen LogP contribution in [0.15, 0.2) is 24.3 Å². The van der Waals surface area contributed by atoms with Gasteiger partial charge in [-0.1, -0.05) is 51.2 Å². The molecule has 26 heavy (non-hydrogen) atoms. The molecular formula is C23H35NO2. The lowest BCUT2D eigenvalue weighted by Gasteiger charge is -2.21. The highest BCUT2D eigenvalue weighted by Crippen LogP contribution is 2.47. The Kier molecular flexibility index (Phi) is 7.40. The van der Waals surface area contributed by atoms with Crippen molar-refractivity contribution in [3.05, 3.63) is 29.8 Å². The van der Waals surface area contributed by atoms with Crippen LogP contribution in [-0.2, 0) is 4.79 Å². The minimum atomic E-state index is 0.188. The molecule has 3 nitrogen and oxygen atoms in total. The highest BCUT2D eigenvalue weighted by Gasteiger charge is 2.38. The van der Waals surface area contributed by atoms with Crippen LogP contribution in [0.1, 0.15) is 82.6 Å². The molecule has 2 atom stereocenters. The largest absolute Gasteiger partial charge is 0.494 e. The van der Waals surface area contributed by atoms with Crippen LogP contribution >= 0.6 is 0 Å². The SMILES string of the molecule is CCCC(=O)NCC1CC1c1cccc(OCCCC2CCCCC2)c1. The highest BCUT2D eigenvalue weighted by molar-refractivity contribution is 5.75. The number of hydrogen-bond donors (Lipinski definition) is 1. The fourth-order valence-electron chi connectivity index (χ4n) is 4.31. The summed E-state index contributed by atoms with van der Waals surface area (Å²) in [5, 5.41) is 3.06. The van der Waals surface area contributed by atoms with Crippen molar-refractivity contribution in [3.8, 4) is 5.75 Å². The number of benzene rings is 1. The molecule has 2 unspecified atom stereocenters. The maximum absolute atomic E-state index is 11.6. The van der Waals surface area contributed by atoms with E-state index in [-0.39, 0.29) is 5.91 Å². The van der Waals surface area contributed by atoms with Crippen LogP contribution in [-0.4, -0.2) is 19.1 Å². The third kappa shape index (κ3) is 6.03. The van der Waals surface area contributed by atoms with Gasteiger partial charge in [0.1, 0.15) is 5.75 Å². The maximum atomic E-state index is 11.6. The van der Waals surface area contributed by atoms with Crippen LogP contribution in [0.4, 0.5) is 0 Å². The minimum absolute atomic E-state index is 0.188. The number of ether oxygens (including phenoxy) is 1. The van der Waals surface area contributed by atoms with Crippen LogP contribution in [0, 0.1) is 11.8 Å². The van der Waals surface area contributed by atoms with Gasteiger partial charge >= 0.3 is 0 Å². The average molecular weight is 358 g/mol. The zero-order chi connectivity index (χ0) is 18.2. The third-order valence-electron chi connectivity index (χ3n) is 6.00. The molecule has 0 aromatic heterocycles. The van der Waals surface area contributed by atoms with E-state index in [0.717, 1.165) is 31.2 Å². The number of carbonyl (C=O) groups is 1. The Labute approximate surface area is 158 Å². The molecular weight excluding hydrogens is 322 g/mol. The highest BCUT2D eigenvalue weighted by atomic mass is 16.5. The first-order valence-electron chi connectivity index (χ1n) is 10.8. The molecule has 3 heteroatoms. The van der Waals surface area contributed by atoms with E-state index < -0.39 is 0 Å². The topological polar surface area (TPSA) is 38.3 Å². The fraction of sp³-hybridized carbons (Fsp3) is 0.696. The van der Waals surface area contributed by atoms with Gasteiger partial charge in [0.25, 0.3) is 0 Å². The van der Waals surface area contributed by atoms with Crippen LogP contribution in [0.2, 0.25) is 0 Å². The van der Waals surface area contributed by atoms with Gasteiger partial charge in [0.2, 0.25) is 5.91 Å². The normalized spacial score (nSPS) is 22.8. The van der Waals surface area contributed by atoms with Gasteiger partial charge in [-0.15, -0.1) is 0 Å². The lowest BCUT2D eigenvalue weighted by molar-refractivity contribution is -0.121. The zero-order valence-corrected chi connectivity index (χ0v) is 16.3. The molecule has 0 bridgehead atoms. The predicted octanol–water partition coefficient (Wildman–Crippen LogP) is 5.45. The molecule has 1 aromatic carbocycles. The number of carbonyl (C=O) groups excluding carboxylic acids is 1. The van der Waals surface area contributed by atoms with Crippen LogP contribution in [0.3, 0.4) is 0 Å². The van der Waals surface area contributed by atoms with Gasteiger partial charge < -0.3 is 10.1 Å². The summed E-state index contributed by atoms with van der Waals surface area (Å²) in [5.41, 5.74) is 1.37. The van der Waals surface area contributed by atoms with Gasteiger partial charge in [-0.05, 0) is 61.1 Å². The molecule has 2 aliphatic carbocycles. The average Bonchev–Trinajstić information content (AvgIpc) is 3.45. The lowest BCUT2D eigenvalue weighted by atomic mass is 9.86. The van der Waals surface area contributed by atoms with Crippen molar-refractivity contribution in [2.75, 3.05) is 13.2 Å². The van der Waals surface area contributed by atoms with E-state index in [9.17, 15) is 4.79 Å².